The van der Waals surface area contributed by atoms with Crippen LogP contribution in [0.15, 0.2) is 18.3 Å². The summed E-state index contributed by atoms with van der Waals surface area (Å²) in [6.07, 6.45) is 1.78. The number of pyridine rings is 1. The number of anilines is 2. The van der Waals surface area contributed by atoms with E-state index in [1.54, 1.807) is 30.1 Å². The van der Waals surface area contributed by atoms with Gasteiger partial charge in [0.15, 0.2) is 0 Å². The molecule has 2 aromatic rings. The van der Waals surface area contributed by atoms with E-state index in [-0.39, 0.29) is 5.91 Å². The fraction of sp³-hybridized carbons (Fsp3) is 0.308. The molecule has 2 N–H and O–H groups in total. The number of aryl methyl sites for hydroxylation is 3. The summed E-state index contributed by atoms with van der Waals surface area (Å²) in [5.74, 6) is 0.506. The minimum Gasteiger partial charge on any atom is -0.373 e. The van der Waals surface area contributed by atoms with Crippen molar-refractivity contribution in [2.45, 2.75) is 13.8 Å². The molecule has 2 heterocycles. The van der Waals surface area contributed by atoms with Crippen LogP contribution in [0.2, 0.25) is 0 Å². The quantitative estimate of drug-likeness (QED) is 0.880. The summed E-state index contributed by atoms with van der Waals surface area (Å²) in [5, 5.41) is 9.97. The Kier molecular flexibility index (Phi) is 3.50. The van der Waals surface area contributed by atoms with Crippen molar-refractivity contribution in [3.05, 3.63) is 35.3 Å². The number of nitrogens with zero attached hydrogens (tertiary/aromatic N) is 3. The first kappa shape index (κ1) is 13.1. The Morgan fingerprint density at radius 2 is 2.05 bits per heavy atom. The van der Waals surface area contributed by atoms with Gasteiger partial charge in [-0.15, -0.1) is 0 Å². The third kappa shape index (κ3) is 2.90. The van der Waals surface area contributed by atoms with Crippen LogP contribution in [-0.2, 0) is 7.05 Å². The number of rotatable bonds is 3. The van der Waals surface area contributed by atoms with Gasteiger partial charge in [-0.3, -0.25) is 9.48 Å². The lowest BCUT2D eigenvalue weighted by molar-refractivity contribution is 0.102. The van der Waals surface area contributed by atoms with E-state index < -0.39 is 0 Å². The second kappa shape index (κ2) is 5.09. The number of aromatic nitrogens is 3. The molecule has 0 atom stereocenters. The molecule has 2 rings (SSSR count). The highest BCUT2D eigenvalue weighted by atomic mass is 16.1. The Balaban J connectivity index is 2.25. The summed E-state index contributed by atoms with van der Waals surface area (Å²) in [5.41, 5.74) is 2.86. The fourth-order valence-corrected chi connectivity index (χ4v) is 1.84. The van der Waals surface area contributed by atoms with Gasteiger partial charge in [0, 0.05) is 31.5 Å². The lowest BCUT2D eigenvalue weighted by Gasteiger charge is -2.07. The van der Waals surface area contributed by atoms with E-state index >= 15 is 0 Å². The maximum atomic E-state index is 12.2. The molecular formula is C13H17N5O. The van der Waals surface area contributed by atoms with Crippen LogP contribution < -0.4 is 10.6 Å². The van der Waals surface area contributed by atoms with Gasteiger partial charge in [0.2, 0.25) is 0 Å². The monoisotopic (exact) mass is 259 g/mol. The normalized spacial score (nSPS) is 10.3. The fourth-order valence-electron chi connectivity index (χ4n) is 1.84. The van der Waals surface area contributed by atoms with Gasteiger partial charge in [-0.2, -0.15) is 5.10 Å². The van der Waals surface area contributed by atoms with Crippen LogP contribution in [0, 0.1) is 13.8 Å². The minimum atomic E-state index is -0.168. The molecule has 0 aliphatic carbocycles. The van der Waals surface area contributed by atoms with Crippen molar-refractivity contribution in [2.24, 2.45) is 7.05 Å². The second-order valence-electron chi connectivity index (χ2n) is 4.39. The van der Waals surface area contributed by atoms with Crippen LogP contribution in [-0.4, -0.2) is 27.7 Å². The lowest BCUT2D eigenvalue weighted by atomic mass is 10.2. The van der Waals surface area contributed by atoms with E-state index in [1.807, 2.05) is 20.9 Å². The minimum absolute atomic E-state index is 0.168. The number of carbonyl (C=O) groups excluding carboxylic acids is 1. The number of hydrogen-bond acceptors (Lipinski definition) is 4. The van der Waals surface area contributed by atoms with Crippen LogP contribution in [0.25, 0.3) is 0 Å². The van der Waals surface area contributed by atoms with Crippen molar-refractivity contribution in [3.63, 3.8) is 0 Å². The maximum absolute atomic E-state index is 12.2. The average Bonchev–Trinajstić information content (AvgIpc) is 2.67. The van der Waals surface area contributed by atoms with Crippen molar-refractivity contribution < 1.29 is 4.79 Å². The Bertz CT molecular complexity index is 617. The van der Waals surface area contributed by atoms with Gasteiger partial charge in [0.1, 0.15) is 5.82 Å². The summed E-state index contributed by atoms with van der Waals surface area (Å²) in [7, 11) is 3.59. The molecular weight excluding hydrogens is 242 g/mol. The maximum Gasteiger partial charge on any atom is 0.255 e. The first-order valence-electron chi connectivity index (χ1n) is 5.97. The Hall–Kier alpha value is -2.37. The van der Waals surface area contributed by atoms with E-state index in [0.29, 0.717) is 17.1 Å². The highest BCUT2D eigenvalue weighted by Crippen LogP contribution is 2.15. The highest BCUT2D eigenvalue weighted by molar-refractivity contribution is 6.04. The molecule has 1 amide bonds. The first-order valence-corrected chi connectivity index (χ1v) is 5.97. The Morgan fingerprint density at radius 3 is 2.63 bits per heavy atom. The molecule has 0 aliphatic rings. The molecule has 0 bridgehead atoms. The molecule has 6 nitrogen and oxygen atoms in total. The number of nitrogens with one attached hydrogen (secondary N) is 2. The predicted octanol–water partition coefficient (Wildman–Crippen LogP) is 1.73. The molecule has 19 heavy (non-hydrogen) atoms. The molecule has 0 aliphatic heterocycles. The van der Waals surface area contributed by atoms with Gasteiger partial charge in [0.05, 0.1) is 11.4 Å². The first-order chi connectivity index (χ1) is 8.99. The topological polar surface area (TPSA) is 71.8 Å². The molecule has 100 valence electrons. The number of amides is 1. The van der Waals surface area contributed by atoms with Crippen LogP contribution >= 0.6 is 0 Å². The molecule has 0 saturated carbocycles. The largest absolute Gasteiger partial charge is 0.373 e. The molecule has 0 spiro atoms. The number of hydrogen-bond donors (Lipinski definition) is 2. The lowest BCUT2D eigenvalue weighted by Crippen LogP contribution is -2.13. The highest BCUT2D eigenvalue weighted by Gasteiger charge is 2.11. The van der Waals surface area contributed by atoms with E-state index in [4.69, 9.17) is 0 Å². The van der Waals surface area contributed by atoms with Crippen LogP contribution in [0.3, 0.4) is 0 Å². The second-order valence-corrected chi connectivity index (χ2v) is 4.39. The Labute approximate surface area is 111 Å². The van der Waals surface area contributed by atoms with Gasteiger partial charge < -0.3 is 10.6 Å². The third-order valence-corrected chi connectivity index (χ3v) is 2.73. The van der Waals surface area contributed by atoms with E-state index in [2.05, 4.69) is 20.7 Å². The zero-order valence-corrected chi connectivity index (χ0v) is 11.5. The molecule has 0 fully saturated rings. The van der Waals surface area contributed by atoms with Gasteiger partial charge in [-0.05, 0) is 26.0 Å². The van der Waals surface area contributed by atoms with Crippen molar-refractivity contribution in [1.29, 1.82) is 0 Å². The van der Waals surface area contributed by atoms with Crippen molar-refractivity contribution >= 4 is 17.4 Å². The van der Waals surface area contributed by atoms with Crippen molar-refractivity contribution in [3.8, 4) is 0 Å². The predicted molar refractivity (Wildman–Crippen MR) is 74.4 cm³/mol. The molecule has 0 unspecified atom stereocenters. The van der Waals surface area contributed by atoms with E-state index in [0.717, 1.165) is 11.4 Å². The smallest absolute Gasteiger partial charge is 0.255 e. The summed E-state index contributed by atoms with van der Waals surface area (Å²) in [6, 6.07) is 3.47. The molecule has 0 saturated heterocycles. The summed E-state index contributed by atoms with van der Waals surface area (Å²) in [6.45, 7) is 3.71. The van der Waals surface area contributed by atoms with Gasteiger partial charge in [-0.25, -0.2) is 4.98 Å². The van der Waals surface area contributed by atoms with Crippen molar-refractivity contribution in [2.75, 3.05) is 17.7 Å². The van der Waals surface area contributed by atoms with Gasteiger partial charge in [0.25, 0.3) is 5.91 Å². The van der Waals surface area contributed by atoms with Gasteiger partial charge in [-0.1, -0.05) is 0 Å². The summed E-state index contributed by atoms with van der Waals surface area (Å²) >= 11 is 0. The third-order valence-electron chi connectivity index (χ3n) is 2.73. The molecule has 0 aromatic carbocycles. The zero-order chi connectivity index (χ0) is 14.0. The number of carbonyl (C=O) groups is 1. The molecule has 0 radical (unpaired) electrons. The standard InChI is InChI=1S/C13H17N5O/c1-8-5-10(6-12(14-3)15-8)13(19)16-11-7-18(4)17-9(11)2/h5-7H,1-4H3,(H,14,15)(H,16,19). The van der Waals surface area contributed by atoms with Crippen molar-refractivity contribution in [1.82, 2.24) is 14.8 Å². The summed E-state index contributed by atoms with van der Waals surface area (Å²) < 4.78 is 1.67. The van der Waals surface area contributed by atoms with Crippen LogP contribution in [0.5, 0.6) is 0 Å². The molecule has 2 aromatic heterocycles. The SMILES string of the molecule is CNc1cc(C(=O)Nc2cn(C)nc2C)cc(C)n1. The van der Waals surface area contributed by atoms with E-state index in [9.17, 15) is 4.79 Å². The molecule has 6 heteroatoms. The Morgan fingerprint density at radius 1 is 1.32 bits per heavy atom. The van der Waals surface area contributed by atoms with Crippen LogP contribution in [0.1, 0.15) is 21.7 Å². The summed E-state index contributed by atoms with van der Waals surface area (Å²) in [4.78, 5) is 16.4. The zero-order valence-electron chi connectivity index (χ0n) is 11.5. The van der Waals surface area contributed by atoms with E-state index in [1.165, 1.54) is 0 Å². The average molecular weight is 259 g/mol. The van der Waals surface area contributed by atoms with Crippen LogP contribution in [0.4, 0.5) is 11.5 Å². The van der Waals surface area contributed by atoms with Gasteiger partial charge >= 0.3 is 0 Å².